The van der Waals surface area contributed by atoms with Gasteiger partial charge in [0.2, 0.25) is 0 Å². The molecule has 112 valence electrons. The summed E-state index contributed by atoms with van der Waals surface area (Å²) in [4.78, 5) is 11.8. The molecule has 0 aliphatic heterocycles. The third-order valence-electron chi connectivity index (χ3n) is 3.14. The lowest BCUT2D eigenvalue weighted by atomic mass is 10.0. The van der Waals surface area contributed by atoms with Gasteiger partial charge in [-0.25, -0.2) is 4.39 Å². The number of halogens is 1. The zero-order valence-corrected chi connectivity index (χ0v) is 12.4. The number of hydrogen-bond acceptors (Lipinski definition) is 3. The van der Waals surface area contributed by atoms with Gasteiger partial charge in [-0.3, -0.25) is 4.79 Å². The highest BCUT2D eigenvalue weighted by Crippen LogP contribution is 2.25. The molecule has 0 saturated carbocycles. The van der Waals surface area contributed by atoms with E-state index in [9.17, 15) is 14.3 Å². The highest BCUT2D eigenvalue weighted by molar-refractivity contribution is 5.78. The van der Waals surface area contributed by atoms with E-state index in [1.165, 1.54) is 25.1 Å². The smallest absolute Gasteiger partial charge is 0.258 e. The average Bonchev–Trinajstić information content (AvgIpc) is 2.36. The Morgan fingerprint density at radius 1 is 1.50 bits per heavy atom. The van der Waals surface area contributed by atoms with E-state index in [2.05, 4.69) is 5.32 Å². The summed E-state index contributed by atoms with van der Waals surface area (Å²) in [6, 6.07) is 3.85. The van der Waals surface area contributed by atoms with E-state index in [-0.39, 0.29) is 18.1 Å². The second kappa shape index (κ2) is 6.70. The predicted molar refractivity (Wildman–Crippen MR) is 75.0 cm³/mol. The molecule has 1 aromatic carbocycles. The molecule has 0 saturated heterocycles. The lowest BCUT2D eigenvalue weighted by Gasteiger charge is -2.24. The predicted octanol–water partition coefficient (Wildman–Crippen LogP) is 2.56. The van der Waals surface area contributed by atoms with Crippen molar-refractivity contribution >= 4 is 5.91 Å². The summed E-state index contributed by atoms with van der Waals surface area (Å²) in [5.74, 6) is -0.395. The molecule has 0 fully saturated rings. The molecule has 4 nitrogen and oxygen atoms in total. The van der Waals surface area contributed by atoms with E-state index in [0.29, 0.717) is 11.3 Å². The van der Waals surface area contributed by atoms with Crippen LogP contribution in [-0.4, -0.2) is 23.2 Å². The summed E-state index contributed by atoms with van der Waals surface area (Å²) in [6.45, 7) is 7.16. The van der Waals surface area contributed by atoms with Gasteiger partial charge in [0.1, 0.15) is 11.6 Å². The van der Waals surface area contributed by atoms with Crippen LogP contribution in [0.3, 0.4) is 0 Å². The van der Waals surface area contributed by atoms with Gasteiger partial charge in [0.05, 0.1) is 6.10 Å². The van der Waals surface area contributed by atoms with E-state index in [1.54, 1.807) is 0 Å². The van der Waals surface area contributed by atoms with Crippen molar-refractivity contribution in [3.05, 3.63) is 29.6 Å². The molecule has 0 aliphatic rings. The number of ether oxygens (including phenoxy) is 1. The highest BCUT2D eigenvalue weighted by Gasteiger charge is 2.18. The number of hydrogen-bond donors (Lipinski definition) is 2. The van der Waals surface area contributed by atoms with Gasteiger partial charge in [-0.2, -0.15) is 0 Å². The first kappa shape index (κ1) is 16.4. The summed E-state index contributed by atoms with van der Waals surface area (Å²) in [7, 11) is 0. The van der Waals surface area contributed by atoms with Crippen molar-refractivity contribution in [2.75, 3.05) is 6.61 Å². The van der Waals surface area contributed by atoms with Crippen molar-refractivity contribution in [2.45, 2.75) is 45.8 Å². The fourth-order valence-electron chi connectivity index (χ4n) is 1.62. The first-order valence-corrected chi connectivity index (χ1v) is 6.66. The van der Waals surface area contributed by atoms with E-state index in [4.69, 9.17) is 4.74 Å². The largest absolute Gasteiger partial charge is 0.483 e. The van der Waals surface area contributed by atoms with Crippen LogP contribution in [0.5, 0.6) is 5.75 Å². The molecule has 0 bridgehead atoms. The van der Waals surface area contributed by atoms with E-state index >= 15 is 0 Å². The van der Waals surface area contributed by atoms with Gasteiger partial charge >= 0.3 is 0 Å². The van der Waals surface area contributed by atoms with Crippen LogP contribution >= 0.6 is 0 Å². The Morgan fingerprint density at radius 2 is 2.15 bits per heavy atom. The number of nitrogens with one attached hydrogen (secondary N) is 1. The Kier molecular flexibility index (Phi) is 5.51. The molecule has 0 spiro atoms. The van der Waals surface area contributed by atoms with Crippen LogP contribution in [-0.2, 0) is 4.79 Å². The molecule has 0 unspecified atom stereocenters. The Bertz CT molecular complexity index is 472. The van der Waals surface area contributed by atoms with Crippen molar-refractivity contribution < 1.29 is 19.0 Å². The van der Waals surface area contributed by atoms with Crippen LogP contribution in [0.4, 0.5) is 4.39 Å². The summed E-state index contributed by atoms with van der Waals surface area (Å²) < 4.78 is 18.5. The molecule has 2 N–H and O–H groups in total. The standard InChI is InChI=1S/C15H22FNO3/c1-5-15(3,4)17-14(19)9-20-13-7-6-11(16)8-12(13)10(2)18/h6-8,10,18H,5,9H2,1-4H3,(H,17,19)/t10-/m0/s1. The Hall–Kier alpha value is -1.62. The van der Waals surface area contributed by atoms with Gasteiger partial charge in [-0.15, -0.1) is 0 Å². The summed E-state index contributed by atoms with van der Waals surface area (Å²) in [5, 5.41) is 12.4. The number of aliphatic hydroxyl groups excluding tert-OH is 1. The van der Waals surface area contributed by atoms with Gasteiger partial charge in [0.25, 0.3) is 5.91 Å². The molecule has 20 heavy (non-hydrogen) atoms. The molecule has 1 rings (SSSR count). The zero-order chi connectivity index (χ0) is 15.3. The lowest BCUT2D eigenvalue weighted by molar-refractivity contribution is -0.124. The summed E-state index contributed by atoms with van der Waals surface area (Å²) in [6.07, 6.45) is -0.0651. The topological polar surface area (TPSA) is 58.6 Å². The van der Waals surface area contributed by atoms with Gasteiger partial charge in [-0.1, -0.05) is 6.92 Å². The lowest BCUT2D eigenvalue weighted by Crippen LogP contribution is -2.44. The first-order chi connectivity index (χ1) is 9.25. The van der Waals surface area contributed by atoms with Gasteiger partial charge in [0.15, 0.2) is 6.61 Å². The third kappa shape index (κ3) is 4.81. The Balaban J connectivity index is 2.68. The molecule has 0 heterocycles. The summed E-state index contributed by atoms with van der Waals surface area (Å²) in [5.41, 5.74) is 0.0311. The first-order valence-electron chi connectivity index (χ1n) is 6.66. The number of benzene rings is 1. The molecule has 0 aliphatic carbocycles. The number of rotatable bonds is 6. The minimum Gasteiger partial charge on any atom is -0.483 e. The van der Waals surface area contributed by atoms with Crippen molar-refractivity contribution in [1.82, 2.24) is 5.32 Å². The van der Waals surface area contributed by atoms with Gasteiger partial charge < -0.3 is 15.2 Å². The second-order valence-electron chi connectivity index (χ2n) is 5.43. The second-order valence-corrected chi connectivity index (χ2v) is 5.43. The molecule has 5 heteroatoms. The SMILES string of the molecule is CCC(C)(C)NC(=O)COc1ccc(F)cc1[C@H](C)O. The Morgan fingerprint density at radius 3 is 2.70 bits per heavy atom. The van der Waals surface area contributed by atoms with E-state index in [0.717, 1.165) is 6.42 Å². The van der Waals surface area contributed by atoms with Crippen LogP contribution in [0.2, 0.25) is 0 Å². The molecule has 1 aromatic rings. The zero-order valence-electron chi connectivity index (χ0n) is 12.4. The van der Waals surface area contributed by atoms with Gasteiger partial charge in [-0.05, 0) is 45.4 Å². The van der Waals surface area contributed by atoms with Crippen molar-refractivity contribution in [3.63, 3.8) is 0 Å². The minimum atomic E-state index is -0.865. The molecule has 1 atom stereocenters. The van der Waals surface area contributed by atoms with Crippen molar-refractivity contribution in [3.8, 4) is 5.75 Å². The Labute approximate surface area is 119 Å². The van der Waals surface area contributed by atoms with E-state index < -0.39 is 11.9 Å². The fraction of sp³-hybridized carbons (Fsp3) is 0.533. The quantitative estimate of drug-likeness (QED) is 0.843. The van der Waals surface area contributed by atoms with Crippen LogP contribution in [0.25, 0.3) is 0 Å². The fourth-order valence-corrected chi connectivity index (χ4v) is 1.62. The minimum absolute atomic E-state index is 0.172. The van der Waals surface area contributed by atoms with Crippen LogP contribution in [0, 0.1) is 5.82 Å². The number of carbonyl (C=O) groups is 1. The normalized spacial score (nSPS) is 12.9. The number of amides is 1. The summed E-state index contributed by atoms with van der Waals surface area (Å²) >= 11 is 0. The maximum atomic E-state index is 13.1. The van der Waals surface area contributed by atoms with Crippen LogP contribution in [0.15, 0.2) is 18.2 Å². The molecular formula is C15H22FNO3. The highest BCUT2D eigenvalue weighted by atomic mass is 19.1. The van der Waals surface area contributed by atoms with Crippen molar-refractivity contribution in [2.24, 2.45) is 0 Å². The van der Waals surface area contributed by atoms with Crippen LogP contribution < -0.4 is 10.1 Å². The average molecular weight is 283 g/mol. The number of carbonyl (C=O) groups excluding carboxylic acids is 1. The molecular weight excluding hydrogens is 261 g/mol. The maximum Gasteiger partial charge on any atom is 0.258 e. The van der Waals surface area contributed by atoms with Gasteiger partial charge in [0, 0.05) is 11.1 Å². The third-order valence-corrected chi connectivity index (χ3v) is 3.14. The van der Waals surface area contributed by atoms with E-state index in [1.807, 2.05) is 20.8 Å². The molecule has 0 radical (unpaired) electrons. The van der Waals surface area contributed by atoms with Crippen LogP contribution in [0.1, 0.15) is 45.8 Å². The number of aliphatic hydroxyl groups is 1. The molecule has 1 amide bonds. The monoisotopic (exact) mass is 283 g/mol. The molecule has 0 aromatic heterocycles. The van der Waals surface area contributed by atoms with Crippen molar-refractivity contribution in [1.29, 1.82) is 0 Å². The maximum absolute atomic E-state index is 13.1.